The normalized spacial score (nSPS) is 11.6. The summed E-state index contributed by atoms with van der Waals surface area (Å²) in [5.74, 6) is 0. The van der Waals surface area contributed by atoms with E-state index < -0.39 is 10.1 Å². The summed E-state index contributed by atoms with van der Waals surface area (Å²) in [6, 6.07) is 5.09. The van der Waals surface area contributed by atoms with Gasteiger partial charge in [-0.2, -0.15) is 0 Å². The first-order valence-electron chi connectivity index (χ1n) is 5.29. The summed E-state index contributed by atoms with van der Waals surface area (Å²) >= 11 is 0. The minimum absolute atomic E-state index is 0.258. The number of nitrogens with two attached hydrogens (primary N) is 1. The van der Waals surface area contributed by atoms with Crippen molar-refractivity contribution in [2.75, 3.05) is 40.0 Å². The van der Waals surface area contributed by atoms with Gasteiger partial charge in [-0.15, -0.1) is 0 Å². The lowest BCUT2D eigenvalue weighted by molar-refractivity contribution is -0.870. The zero-order valence-electron chi connectivity index (χ0n) is 10.8. The Morgan fingerprint density at radius 1 is 1.22 bits per heavy atom. The van der Waals surface area contributed by atoms with Crippen molar-refractivity contribution in [2.45, 2.75) is 4.90 Å². The summed E-state index contributed by atoms with van der Waals surface area (Å²) in [7, 11) is 1.83. The van der Waals surface area contributed by atoms with E-state index in [0.717, 1.165) is 11.0 Å². The van der Waals surface area contributed by atoms with E-state index in [-0.39, 0.29) is 11.5 Å². The molecule has 18 heavy (non-hydrogen) atoms. The van der Waals surface area contributed by atoms with Gasteiger partial charge in [0.25, 0.3) is 0 Å². The van der Waals surface area contributed by atoms with E-state index in [9.17, 15) is 13.0 Å². The molecule has 0 amide bonds. The van der Waals surface area contributed by atoms with Crippen LogP contribution in [0.15, 0.2) is 29.2 Å². The van der Waals surface area contributed by atoms with Gasteiger partial charge in [0.15, 0.2) is 0 Å². The van der Waals surface area contributed by atoms with Crippen LogP contribution in [0.5, 0.6) is 0 Å². The fraction of sp³-hybridized carbons (Fsp3) is 0.455. The molecule has 0 aromatic heterocycles. The Bertz CT molecular complexity index is 449. The molecule has 104 valence electrons. The lowest BCUT2D eigenvalue weighted by Gasteiger charge is -2.21. The predicted molar refractivity (Wildman–Crippen MR) is 68.8 cm³/mol. The zero-order chi connectivity index (χ0) is 14.4. The quantitative estimate of drug-likeness (QED) is 0.454. The number of rotatable bonds is 3. The van der Waals surface area contributed by atoms with Gasteiger partial charge in [-0.05, 0) is 24.3 Å². The minimum atomic E-state index is -4.33. The Morgan fingerprint density at radius 3 is 1.89 bits per heavy atom. The van der Waals surface area contributed by atoms with Crippen molar-refractivity contribution in [2.24, 2.45) is 0 Å². The van der Waals surface area contributed by atoms with Gasteiger partial charge in [0.05, 0.1) is 32.6 Å². The molecule has 0 aliphatic heterocycles. The molecule has 0 atom stereocenters. The average Bonchev–Trinajstić information content (AvgIpc) is 2.15. The minimum Gasteiger partial charge on any atom is -0.744 e. The molecule has 0 aliphatic rings. The monoisotopic (exact) mass is 276 g/mol. The third kappa shape index (κ3) is 8.02. The second kappa shape index (κ2) is 6.69. The number of anilines is 1. The van der Waals surface area contributed by atoms with E-state index in [4.69, 9.17) is 10.8 Å². The first-order chi connectivity index (χ1) is 8.06. The van der Waals surface area contributed by atoms with Crippen LogP contribution in [0, 0.1) is 0 Å². The van der Waals surface area contributed by atoms with E-state index in [1.54, 1.807) is 0 Å². The van der Waals surface area contributed by atoms with Crippen LogP contribution in [-0.2, 0) is 10.1 Å². The van der Waals surface area contributed by atoms with Crippen LogP contribution >= 0.6 is 0 Å². The molecule has 0 saturated heterocycles. The first kappa shape index (κ1) is 16.9. The SMILES string of the molecule is C[N+](C)(C)CCO.Nc1ccc(S(=O)(=O)[O-])cc1. The van der Waals surface area contributed by atoms with Gasteiger partial charge in [-0.3, -0.25) is 0 Å². The van der Waals surface area contributed by atoms with Gasteiger partial charge in [0, 0.05) is 5.69 Å². The van der Waals surface area contributed by atoms with E-state index in [1.807, 2.05) is 0 Å². The molecule has 3 N–H and O–H groups in total. The molecule has 0 radical (unpaired) electrons. The number of aliphatic hydroxyl groups excluding tert-OH is 1. The summed E-state index contributed by atoms with van der Waals surface area (Å²) in [6.45, 7) is 1.11. The number of aliphatic hydroxyl groups is 1. The van der Waals surface area contributed by atoms with Crippen molar-refractivity contribution < 1.29 is 22.6 Å². The molecule has 6 nitrogen and oxygen atoms in total. The molecule has 0 heterocycles. The molecule has 0 aliphatic carbocycles. The molecular weight excluding hydrogens is 256 g/mol. The van der Waals surface area contributed by atoms with E-state index >= 15 is 0 Å². The van der Waals surface area contributed by atoms with Crippen molar-refractivity contribution in [1.82, 2.24) is 0 Å². The predicted octanol–water partition coefficient (Wildman–Crippen LogP) is -0.142. The highest BCUT2D eigenvalue weighted by molar-refractivity contribution is 7.85. The highest BCUT2D eigenvalue weighted by atomic mass is 32.2. The summed E-state index contributed by atoms with van der Waals surface area (Å²) in [4.78, 5) is -0.258. The standard InChI is InChI=1S/C6H7NO3S.C5H14NO/c7-5-1-3-6(4-2-5)11(8,9)10;1-6(2,3)4-5-7/h1-4H,7H2,(H,8,9,10);7H,4-5H2,1-3H3/q;+1/p-1. The van der Waals surface area contributed by atoms with Crippen LogP contribution in [0.4, 0.5) is 5.69 Å². The summed E-state index contributed by atoms with van der Waals surface area (Å²) < 4.78 is 31.9. The van der Waals surface area contributed by atoms with E-state index in [0.29, 0.717) is 5.69 Å². The Labute approximate surface area is 108 Å². The van der Waals surface area contributed by atoms with Crippen LogP contribution in [0.3, 0.4) is 0 Å². The van der Waals surface area contributed by atoms with Gasteiger partial charge < -0.3 is 19.9 Å². The summed E-state index contributed by atoms with van der Waals surface area (Å²) in [5, 5.41) is 8.39. The fourth-order valence-corrected chi connectivity index (χ4v) is 1.40. The number of hydrogen-bond acceptors (Lipinski definition) is 5. The Kier molecular flexibility index (Phi) is 6.27. The molecule has 1 aromatic carbocycles. The van der Waals surface area contributed by atoms with E-state index in [1.165, 1.54) is 24.3 Å². The third-order valence-corrected chi connectivity index (χ3v) is 2.79. The highest BCUT2D eigenvalue weighted by Crippen LogP contribution is 2.10. The maximum atomic E-state index is 10.3. The van der Waals surface area contributed by atoms with Crippen LogP contribution < -0.4 is 5.73 Å². The number of likely N-dealkylation sites (N-methyl/N-ethyl adjacent to an activating group) is 1. The molecule has 0 fully saturated rings. The number of benzene rings is 1. The molecule has 0 bridgehead atoms. The molecule has 0 unspecified atom stereocenters. The molecular formula is C11H20N2O4S. The third-order valence-electron chi connectivity index (χ3n) is 1.94. The van der Waals surface area contributed by atoms with Crippen LogP contribution in [0.25, 0.3) is 0 Å². The molecule has 7 heteroatoms. The van der Waals surface area contributed by atoms with Crippen molar-refractivity contribution in [1.29, 1.82) is 0 Å². The highest BCUT2D eigenvalue weighted by Gasteiger charge is 2.02. The van der Waals surface area contributed by atoms with Crippen molar-refractivity contribution in [3.05, 3.63) is 24.3 Å². The Morgan fingerprint density at radius 2 is 1.67 bits per heavy atom. The Hall–Kier alpha value is -1.15. The van der Waals surface area contributed by atoms with Crippen LogP contribution in [-0.4, -0.2) is 56.9 Å². The van der Waals surface area contributed by atoms with Gasteiger partial charge in [-0.1, -0.05) is 0 Å². The smallest absolute Gasteiger partial charge is 0.124 e. The maximum Gasteiger partial charge on any atom is 0.124 e. The van der Waals surface area contributed by atoms with Gasteiger partial charge in [0.1, 0.15) is 16.7 Å². The van der Waals surface area contributed by atoms with Crippen molar-refractivity contribution in [3.63, 3.8) is 0 Å². The number of hydrogen-bond donors (Lipinski definition) is 2. The summed E-state index contributed by atoms with van der Waals surface area (Å²) in [6.07, 6.45) is 0. The van der Waals surface area contributed by atoms with Crippen molar-refractivity contribution >= 4 is 15.8 Å². The zero-order valence-corrected chi connectivity index (χ0v) is 11.6. The largest absolute Gasteiger partial charge is 0.744 e. The lowest BCUT2D eigenvalue weighted by Crippen LogP contribution is -2.36. The number of nitrogens with zero attached hydrogens (tertiary/aromatic N) is 1. The number of quaternary nitrogens is 1. The Balaban J connectivity index is 0.000000360. The first-order valence-corrected chi connectivity index (χ1v) is 6.70. The van der Waals surface area contributed by atoms with Gasteiger partial charge in [0.2, 0.25) is 0 Å². The average molecular weight is 276 g/mol. The summed E-state index contributed by atoms with van der Waals surface area (Å²) in [5.41, 5.74) is 5.70. The molecule has 1 rings (SSSR count). The maximum absolute atomic E-state index is 10.3. The van der Waals surface area contributed by atoms with Gasteiger partial charge in [-0.25, -0.2) is 8.42 Å². The number of nitrogen functional groups attached to an aromatic ring is 1. The topological polar surface area (TPSA) is 103 Å². The van der Waals surface area contributed by atoms with E-state index in [2.05, 4.69) is 21.1 Å². The molecule has 0 saturated carbocycles. The molecule has 1 aromatic rings. The second-order valence-electron chi connectivity index (χ2n) is 4.76. The van der Waals surface area contributed by atoms with Crippen LogP contribution in [0.2, 0.25) is 0 Å². The fourth-order valence-electron chi connectivity index (χ4n) is 0.934. The van der Waals surface area contributed by atoms with Gasteiger partial charge >= 0.3 is 0 Å². The molecule has 0 spiro atoms. The van der Waals surface area contributed by atoms with Crippen molar-refractivity contribution in [3.8, 4) is 0 Å². The lowest BCUT2D eigenvalue weighted by atomic mass is 10.3. The van der Waals surface area contributed by atoms with Crippen LogP contribution in [0.1, 0.15) is 0 Å². The second-order valence-corrected chi connectivity index (χ2v) is 6.14.